The average Bonchev–Trinajstić information content (AvgIpc) is 2.97. The number of nitrogens with zero attached hydrogens (tertiary/aromatic N) is 2. The van der Waals surface area contributed by atoms with Gasteiger partial charge in [0.05, 0.1) is 25.5 Å². The summed E-state index contributed by atoms with van der Waals surface area (Å²) < 4.78 is 34.4. The van der Waals surface area contributed by atoms with Gasteiger partial charge in [-0.1, -0.05) is 49.9 Å². The molecule has 2 N–H and O–H groups in total. The maximum atomic E-state index is 12.7. The van der Waals surface area contributed by atoms with Crippen LogP contribution in [0.2, 0.25) is 0 Å². The van der Waals surface area contributed by atoms with Gasteiger partial charge >= 0.3 is 15.2 Å². The van der Waals surface area contributed by atoms with Gasteiger partial charge in [0.15, 0.2) is 0 Å². The van der Waals surface area contributed by atoms with Gasteiger partial charge in [0.1, 0.15) is 0 Å². The Morgan fingerprint density at radius 1 is 0.643 bits per heavy atom. The lowest BCUT2D eigenvalue weighted by Gasteiger charge is -2.19. The van der Waals surface area contributed by atoms with Crippen LogP contribution in [0.25, 0.3) is 0 Å². The number of unbranched alkanes of at least 4 members (excludes halogenated alkanes) is 5. The van der Waals surface area contributed by atoms with Crippen LogP contribution in [-0.2, 0) is 40.6 Å². The first-order valence-corrected chi connectivity index (χ1v) is 18.2. The van der Waals surface area contributed by atoms with Crippen LogP contribution >= 0.6 is 15.2 Å². The molecule has 0 aliphatic heterocycles. The lowest BCUT2D eigenvalue weighted by molar-refractivity contribution is -0.108. The predicted octanol–water partition coefficient (Wildman–Crippen LogP) is 6.18. The SMILES string of the molecule is CCOP(=O)(CCc1ccc(N(C=O)CCCCCCCCN(C=O)c2ccc(CCP(=O)(O)O)cc2)cc1)OCC. The van der Waals surface area contributed by atoms with Crippen LogP contribution in [0, 0.1) is 0 Å². The largest absolute Gasteiger partial charge is 0.330 e. The first-order valence-electron chi connectivity index (χ1n) is 14.7. The molecule has 0 bridgehead atoms. The highest BCUT2D eigenvalue weighted by atomic mass is 31.2. The highest BCUT2D eigenvalue weighted by Gasteiger charge is 2.23. The fraction of sp³-hybridized carbons (Fsp3) is 0.533. The summed E-state index contributed by atoms with van der Waals surface area (Å²) in [5.41, 5.74) is 3.42. The molecule has 0 spiro atoms. The molecule has 0 saturated carbocycles. The Morgan fingerprint density at radius 2 is 1.02 bits per heavy atom. The number of anilines is 2. The second kappa shape index (κ2) is 19.1. The topological polar surface area (TPSA) is 134 Å². The Balaban J connectivity index is 1.66. The third-order valence-corrected chi connectivity index (χ3v) is 9.74. The molecule has 0 radical (unpaired) electrons. The van der Waals surface area contributed by atoms with E-state index in [1.807, 2.05) is 24.3 Å². The van der Waals surface area contributed by atoms with E-state index < -0.39 is 15.2 Å². The quantitative estimate of drug-likeness (QED) is 0.0851. The van der Waals surface area contributed by atoms with Crippen LogP contribution in [0.3, 0.4) is 0 Å². The number of amides is 2. The van der Waals surface area contributed by atoms with Crippen LogP contribution in [0.1, 0.15) is 63.5 Å². The zero-order valence-electron chi connectivity index (χ0n) is 24.8. The Labute approximate surface area is 250 Å². The fourth-order valence-corrected chi connectivity index (χ4v) is 6.77. The van der Waals surface area contributed by atoms with Crippen molar-refractivity contribution in [1.82, 2.24) is 0 Å². The van der Waals surface area contributed by atoms with E-state index >= 15 is 0 Å². The van der Waals surface area contributed by atoms with E-state index in [2.05, 4.69) is 0 Å². The number of carbonyl (C=O) groups is 2. The zero-order valence-corrected chi connectivity index (χ0v) is 26.6. The number of benzene rings is 2. The summed E-state index contributed by atoms with van der Waals surface area (Å²) in [6, 6.07) is 14.9. The van der Waals surface area contributed by atoms with Gasteiger partial charge in [-0.3, -0.25) is 18.7 Å². The van der Waals surface area contributed by atoms with Gasteiger partial charge in [-0.25, -0.2) is 0 Å². The molecule has 2 rings (SSSR count). The predicted molar refractivity (Wildman–Crippen MR) is 167 cm³/mol. The lowest BCUT2D eigenvalue weighted by atomic mass is 10.1. The second-order valence-electron chi connectivity index (χ2n) is 10.1. The van der Waals surface area contributed by atoms with Crippen LogP contribution in [-0.4, -0.2) is 61.2 Å². The maximum Gasteiger partial charge on any atom is 0.330 e. The summed E-state index contributed by atoms with van der Waals surface area (Å²) in [4.78, 5) is 44.7. The molecule has 2 aromatic carbocycles. The minimum absolute atomic E-state index is 0.193. The molecule has 0 aliphatic rings. The summed E-state index contributed by atoms with van der Waals surface area (Å²) >= 11 is 0. The van der Waals surface area contributed by atoms with Crippen molar-refractivity contribution in [2.24, 2.45) is 0 Å². The molecule has 234 valence electrons. The number of hydrogen-bond acceptors (Lipinski definition) is 6. The van der Waals surface area contributed by atoms with Crippen LogP contribution in [0.15, 0.2) is 48.5 Å². The Hall–Kier alpha value is -2.32. The number of carbonyl (C=O) groups excluding carboxylic acids is 2. The van der Waals surface area contributed by atoms with Crippen molar-refractivity contribution in [1.29, 1.82) is 0 Å². The van der Waals surface area contributed by atoms with E-state index in [0.29, 0.717) is 38.9 Å². The van der Waals surface area contributed by atoms with Crippen molar-refractivity contribution in [3.63, 3.8) is 0 Å². The normalized spacial score (nSPS) is 11.8. The van der Waals surface area contributed by atoms with Gasteiger partial charge in [-0.2, -0.15) is 0 Å². The van der Waals surface area contributed by atoms with Crippen molar-refractivity contribution in [3.8, 4) is 0 Å². The monoisotopic (exact) mass is 624 g/mol. The zero-order chi connectivity index (χ0) is 30.8. The van der Waals surface area contributed by atoms with Crippen molar-refractivity contribution >= 4 is 39.4 Å². The number of rotatable bonds is 23. The average molecular weight is 625 g/mol. The van der Waals surface area contributed by atoms with Crippen molar-refractivity contribution in [3.05, 3.63) is 59.7 Å². The standard InChI is InChI=1S/C30H46N2O8P2/c1-3-39-42(38,40-4-2)24-20-28-13-17-30(18-14-28)32(26-34)22-10-8-6-5-7-9-21-31(25-33)29-15-11-27(12-16-29)19-23-41(35,36)37/h11-18,25-26H,3-10,19-24H2,1-2H3,(H2,35,36,37). The summed E-state index contributed by atoms with van der Waals surface area (Å²) in [6.07, 6.45) is 8.47. The van der Waals surface area contributed by atoms with Gasteiger partial charge < -0.3 is 28.6 Å². The van der Waals surface area contributed by atoms with Crippen LogP contribution < -0.4 is 9.80 Å². The van der Waals surface area contributed by atoms with Crippen LogP contribution in [0.4, 0.5) is 11.4 Å². The maximum absolute atomic E-state index is 12.7. The molecule has 0 heterocycles. The summed E-state index contributed by atoms with van der Waals surface area (Å²) in [6.45, 7) is 5.52. The minimum atomic E-state index is -4.03. The second-order valence-corrected chi connectivity index (χ2v) is 14.1. The van der Waals surface area contributed by atoms with Gasteiger partial charge in [0, 0.05) is 24.5 Å². The van der Waals surface area contributed by atoms with E-state index in [1.165, 1.54) is 0 Å². The molecule has 0 saturated heterocycles. The Bertz CT molecular complexity index is 1140. The molecule has 0 atom stereocenters. The highest BCUT2D eigenvalue weighted by Crippen LogP contribution is 2.48. The highest BCUT2D eigenvalue weighted by molar-refractivity contribution is 7.53. The van der Waals surface area contributed by atoms with Crippen molar-refractivity contribution in [2.45, 2.75) is 65.2 Å². The smallest absolute Gasteiger partial charge is 0.324 e. The molecule has 2 aromatic rings. The molecule has 2 amide bonds. The number of hydrogen-bond donors (Lipinski definition) is 2. The first kappa shape index (κ1) is 35.9. The van der Waals surface area contributed by atoms with Crippen molar-refractivity contribution < 1.29 is 37.6 Å². The summed E-state index contributed by atoms with van der Waals surface area (Å²) in [7, 11) is -7.11. The molecule has 10 nitrogen and oxygen atoms in total. The van der Waals surface area contributed by atoms with Gasteiger partial charge in [0.2, 0.25) is 12.8 Å². The van der Waals surface area contributed by atoms with E-state index in [4.69, 9.17) is 18.8 Å². The molecule has 0 unspecified atom stereocenters. The van der Waals surface area contributed by atoms with Crippen LogP contribution in [0.5, 0.6) is 0 Å². The molecule has 0 aliphatic carbocycles. The lowest BCUT2D eigenvalue weighted by Crippen LogP contribution is -2.22. The van der Waals surface area contributed by atoms with E-state index in [0.717, 1.165) is 73.8 Å². The first-order chi connectivity index (χ1) is 20.1. The number of aryl methyl sites for hydroxylation is 2. The summed E-state index contributed by atoms with van der Waals surface area (Å²) in [5, 5.41) is 0. The Morgan fingerprint density at radius 3 is 1.38 bits per heavy atom. The van der Waals surface area contributed by atoms with Gasteiger partial charge in [-0.15, -0.1) is 0 Å². The molecule has 0 fully saturated rings. The van der Waals surface area contributed by atoms with E-state index in [9.17, 15) is 18.7 Å². The summed E-state index contributed by atoms with van der Waals surface area (Å²) in [5.74, 6) is 0. The van der Waals surface area contributed by atoms with Crippen molar-refractivity contribution in [2.75, 3.05) is 48.4 Å². The third-order valence-electron chi connectivity index (χ3n) is 6.86. The Kier molecular flexibility index (Phi) is 16.3. The fourth-order valence-electron chi connectivity index (χ4n) is 4.57. The third kappa shape index (κ3) is 13.8. The molecular weight excluding hydrogens is 578 g/mol. The molecule has 0 aromatic heterocycles. The molecule has 42 heavy (non-hydrogen) atoms. The van der Waals surface area contributed by atoms with Gasteiger partial charge in [-0.05, 0) is 74.9 Å². The van der Waals surface area contributed by atoms with E-state index in [1.54, 1.807) is 47.9 Å². The van der Waals surface area contributed by atoms with Gasteiger partial charge in [0.25, 0.3) is 0 Å². The minimum Gasteiger partial charge on any atom is -0.324 e. The van der Waals surface area contributed by atoms with E-state index in [-0.39, 0.29) is 12.6 Å². The molecule has 12 heteroatoms. The molecular formula is C30H46N2O8P2.